The van der Waals surface area contributed by atoms with Crippen LogP contribution in [0.25, 0.3) is 0 Å². The van der Waals surface area contributed by atoms with Crippen molar-refractivity contribution in [2.75, 3.05) is 5.32 Å². The molecule has 0 bridgehead atoms. The maximum absolute atomic E-state index is 14.3. The Morgan fingerprint density at radius 2 is 1.67 bits per heavy atom. The van der Waals surface area contributed by atoms with Crippen molar-refractivity contribution in [3.63, 3.8) is 0 Å². The molecule has 2 unspecified atom stereocenters. The molecule has 0 spiro atoms. The Bertz CT molecular complexity index is 1200. The Hall–Kier alpha value is -3.06. The number of nitrogens with zero attached hydrogens (tertiary/aromatic N) is 1. The fourth-order valence-corrected chi connectivity index (χ4v) is 4.92. The van der Waals surface area contributed by atoms with E-state index >= 15 is 0 Å². The molecule has 0 aromatic heterocycles. The van der Waals surface area contributed by atoms with Crippen LogP contribution in [0.1, 0.15) is 82.2 Å². The molecule has 3 rings (SSSR count). The summed E-state index contributed by atoms with van der Waals surface area (Å²) >= 11 is 6.46. The van der Waals surface area contributed by atoms with E-state index < -0.39 is 23.8 Å². The second kappa shape index (κ2) is 12.4. The fraction of sp³-hybridized carbons (Fsp3) is 0.516. The standard InChI is InChI=1S/C31H42ClN3O4/c1-18(2)25(34-30(38)39-31(6,7)8)29(37)35(23-12-10-13-23)27(22-16-15-19(3)21(5)17-22)28(36)33-26-20(4)11-9-14-24(26)32/h9,11,14-18,23,25,27H,10,12-13H2,1-8H3,(H,33,36)(H,34,38). The number of benzene rings is 2. The summed E-state index contributed by atoms with van der Waals surface area (Å²) in [6, 6.07) is 9.33. The van der Waals surface area contributed by atoms with Crippen LogP contribution in [0.15, 0.2) is 36.4 Å². The number of amides is 3. The first-order valence-electron chi connectivity index (χ1n) is 13.6. The summed E-state index contributed by atoms with van der Waals surface area (Å²) in [6.07, 6.45) is 1.86. The third-order valence-corrected chi connectivity index (χ3v) is 7.49. The number of hydrogen-bond donors (Lipinski definition) is 2. The van der Waals surface area contributed by atoms with Gasteiger partial charge in [-0.15, -0.1) is 0 Å². The number of ether oxygens (including phenoxy) is 1. The first-order valence-corrected chi connectivity index (χ1v) is 14.0. The van der Waals surface area contributed by atoms with E-state index in [1.54, 1.807) is 31.7 Å². The Morgan fingerprint density at radius 1 is 1.00 bits per heavy atom. The normalized spacial score (nSPS) is 15.2. The van der Waals surface area contributed by atoms with Crippen LogP contribution < -0.4 is 10.6 Å². The zero-order chi connectivity index (χ0) is 29.1. The predicted molar refractivity (Wildman–Crippen MR) is 156 cm³/mol. The van der Waals surface area contributed by atoms with Crippen LogP contribution >= 0.6 is 11.6 Å². The molecule has 2 atom stereocenters. The number of halogens is 1. The third-order valence-electron chi connectivity index (χ3n) is 7.17. The summed E-state index contributed by atoms with van der Waals surface area (Å²) in [5, 5.41) is 6.22. The number of carbonyl (C=O) groups excluding carboxylic acids is 3. The average molecular weight is 556 g/mol. The molecule has 0 aliphatic heterocycles. The van der Waals surface area contributed by atoms with Crippen molar-refractivity contribution in [3.05, 3.63) is 63.7 Å². The van der Waals surface area contributed by atoms with E-state index in [4.69, 9.17) is 16.3 Å². The smallest absolute Gasteiger partial charge is 0.408 e. The lowest BCUT2D eigenvalue weighted by molar-refractivity contribution is -0.146. The lowest BCUT2D eigenvalue weighted by atomic mass is 9.87. The summed E-state index contributed by atoms with van der Waals surface area (Å²) in [5.41, 5.74) is 3.45. The zero-order valence-electron chi connectivity index (χ0n) is 24.4. The van der Waals surface area contributed by atoms with Gasteiger partial charge >= 0.3 is 6.09 Å². The number of hydrogen-bond acceptors (Lipinski definition) is 4. The van der Waals surface area contributed by atoms with Gasteiger partial charge < -0.3 is 20.3 Å². The molecule has 1 fully saturated rings. The van der Waals surface area contributed by atoms with Gasteiger partial charge in [0.05, 0.1) is 10.7 Å². The molecule has 2 aromatic rings. The molecule has 212 valence electrons. The number of nitrogens with one attached hydrogen (secondary N) is 2. The SMILES string of the molecule is Cc1ccc(C(C(=O)Nc2c(C)cccc2Cl)N(C(=O)C(NC(=O)OC(C)(C)C)C(C)C)C2CCC2)cc1C. The van der Waals surface area contributed by atoms with E-state index in [1.807, 2.05) is 65.0 Å². The lowest BCUT2D eigenvalue weighted by Crippen LogP contribution is -2.58. The highest BCUT2D eigenvalue weighted by Gasteiger charge is 2.43. The highest BCUT2D eigenvalue weighted by Crippen LogP contribution is 2.36. The van der Waals surface area contributed by atoms with Crippen molar-refractivity contribution >= 4 is 35.2 Å². The van der Waals surface area contributed by atoms with Gasteiger partial charge in [-0.25, -0.2) is 4.79 Å². The van der Waals surface area contributed by atoms with Gasteiger partial charge in [-0.05, 0) is 95.0 Å². The summed E-state index contributed by atoms with van der Waals surface area (Å²) < 4.78 is 5.46. The van der Waals surface area contributed by atoms with Gasteiger partial charge in [0, 0.05) is 6.04 Å². The molecule has 1 aliphatic carbocycles. The van der Waals surface area contributed by atoms with Gasteiger partial charge in [-0.1, -0.05) is 55.8 Å². The first-order chi connectivity index (χ1) is 18.2. The van der Waals surface area contributed by atoms with Crippen LogP contribution in [-0.4, -0.2) is 40.5 Å². The van der Waals surface area contributed by atoms with Gasteiger partial charge in [0.25, 0.3) is 5.91 Å². The molecule has 3 amide bonds. The van der Waals surface area contributed by atoms with Crippen LogP contribution in [0.3, 0.4) is 0 Å². The Labute approximate surface area is 237 Å². The number of carbonyl (C=O) groups is 3. The summed E-state index contributed by atoms with van der Waals surface area (Å²) in [7, 11) is 0. The van der Waals surface area contributed by atoms with Crippen molar-refractivity contribution in [1.29, 1.82) is 0 Å². The largest absolute Gasteiger partial charge is 0.444 e. The molecule has 0 saturated heterocycles. The van der Waals surface area contributed by atoms with E-state index in [9.17, 15) is 14.4 Å². The maximum Gasteiger partial charge on any atom is 0.408 e. The van der Waals surface area contributed by atoms with Crippen LogP contribution in [0, 0.1) is 26.7 Å². The average Bonchev–Trinajstić information content (AvgIpc) is 2.79. The summed E-state index contributed by atoms with van der Waals surface area (Å²) in [4.78, 5) is 42.9. The summed E-state index contributed by atoms with van der Waals surface area (Å²) in [5.74, 6) is -0.897. The van der Waals surface area contributed by atoms with Crippen molar-refractivity contribution < 1.29 is 19.1 Å². The summed E-state index contributed by atoms with van der Waals surface area (Å²) in [6.45, 7) is 14.9. The van der Waals surface area contributed by atoms with Crippen LogP contribution in [0.5, 0.6) is 0 Å². The molecular weight excluding hydrogens is 514 g/mol. The van der Waals surface area contributed by atoms with Gasteiger partial charge in [0.1, 0.15) is 17.7 Å². The molecule has 0 radical (unpaired) electrons. The van der Waals surface area contributed by atoms with Gasteiger partial charge in [0.2, 0.25) is 5.91 Å². The van der Waals surface area contributed by atoms with Gasteiger partial charge in [-0.3, -0.25) is 9.59 Å². The minimum Gasteiger partial charge on any atom is -0.444 e. The number of anilines is 1. The predicted octanol–water partition coefficient (Wildman–Crippen LogP) is 6.88. The van der Waals surface area contributed by atoms with E-state index in [-0.39, 0.29) is 23.8 Å². The number of para-hydroxylation sites is 1. The van der Waals surface area contributed by atoms with E-state index in [2.05, 4.69) is 10.6 Å². The van der Waals surface area contributed by atoms with Gasteiger partial charge in [0.15, 0.2) is 0 Å². The van der Waals surface area contributed by atoms with E-state index in [0.29, 0.717) is 16.3 Å². The molecule has 39 heavy (non-hydrogen) atoms. The van der Waals surface area contributed by atoms with Crippen molar-refractivity contribution in [3.8, 4) is 0 Å². The number of alkyl carbamates (subject to hydrolysis) is 1. The number of rotatable bonds is 8. The van der Waals surface area contributed by atoms with Crippen LogP contribution in [0.2, 0.25) is 5.02 Å². The Kier molecular flexibility index (Phi) is 9.70. The molecule has 8 heteroatoms. The fourth-order valence-electron chi connectivity index (χ4n) is 4.65. The molecule has 1 aliphatic rings. The van der Waals surface area contributed by atoms with Crippen LogP contribution in [0.4, 0.5) is 10.5 Å². The maximum atomic E-state index is 14.3. The minimum absolute atomic E-state index is 0.135. The topological polar surface area (TPSA) is 87.7 Å². The quantitative estimate of drug-likeness (QED) is 0.372. The van der Waals surface area contributed by atoms with Crippen molar-refractivity contribution in [1.82, 2.24) is 10.2 Å². The molecular formula is C31H42ClN3O4. The second-order valence-corrected chi connectivity index (χ2v) is 12.3. The minimum atomic E-state index is -0.917. The van der Waals surface area contributed by atoms with E-state index in [1.165, 1.54) is 0 Å². The Balaban J connectivity index is 2.07. The van der Waals surface area contributed by atoms with E-state index in [0.717, 1.165) is 36.0 Å². The highest BCUT2D eigenvalue weighted by atomic mass is 35.5. The van der Waals surface area contributed by atoms with Crippen molar-refractivity contribution in [2.45, 2.75) is 98.4 Å². The molecule has 2 aromatic carbocycles. The molecule has 1 saturated carbocycles. The molecule has 7 nitrogen and oxygen atoms in total. The Morgan fingerprint density at radius 3 is 2.18 bits per heavy atom. The van der Waals surface area contributed by atoms with Gasteiger partial charge in [-0.2, -0.15) is 0 Å². The monoisotopic (exact) mass is 555 g/mol. The molecule has 2 N–H and O–H groups in total. The second-order valence-electron chi connectivity index (χ2n) is 11.9. The lowest BCUT2D eigenvalue weighted by Gasteiger charge is -2.44. The first kappa shape index (κ1) is 30.5. The molecule has 0 heterocycles. The van der Waals surface area contributed by atoms with Crippen LogP contribution in [-0.2, 0) is 14.3 Å². The third kappa shape index (κ3) is 7.53. The number of aryl methyl sites for hydroxylation is 3. The van der Waals surface area contributed by atoms with Crippen molar-refractivity contribution in [2.24, 2.45) is 5.92 Å². The zero-order valence-corrected chi connectivity index (χ0v) is 25.1. The highest BCUT2D eigenvalue weighted by molar-refractivity contribution is 6.34.